The van der Waals surface area contributed by atoms with E-state index in [9.17, 15) is 4.79 Å². The maximum Gasteiger partial charge on any atom is 0.335 e. The van der Waals surface area contributed by atoms with Crippen LogP contribution in [0.15, 0.2) is 42.5 Å². The molecule has 0 amide bonds. The van der Waals surface area contributed by atoms with E-state index in [0.29, 0.717) is 22.9 Å². The number of nitriles is 1. The number of benzene rings is 2. The molecule has 2 aromatic carbocycles. The summed E-state index contributed by atoms with van der Waals surface area (Å²) in [5.74, 6) is -0.311. The highest BCUT2D eigenvalue weighted by Crippen LogP contribution is 2.28. The zero-order valence-corrected chi connectivity index (χ0v) is 15.5. The van der Waals surface area contributed by atoms with Crippen LogP contribution in [0.25, 0.3) is 5.69 Å². The van der Waals surface area contributed by atoms with Crippen LogP contribution in [0.3, 0.4) is 0 Å². The van der Waals surface area contributed by atoms with Gasteiger partial charge in [-0.3, -0.25) is 0 Å². The number of aromatic nitrogens is 2. The molecule has 3 aromatic rings. The van der Waals surface area contributed by atoms with Gasteiger partial charge in [-0.25, -0.2) is 9.48 Å². The molecule has 0 bridgehead atoms. The van der Waals surface area contributed by atoms with Gasteiger partial charge in [0.25, 0.3) is 0 Å². The Balaban J connectivity index is 1.82. The Morgan fingerprint density at radius 2 is 1.96 bits per heavy atom. The monoisotopic (exact) mass is 381 g/mol. The molecule has 0 fully saturated rings. The molecule has 0 unspecified atom stereocenters. The van der Waals surface area contributed by atoms with Gasteiger partial charge < -0.3 is 9.84 Å². The fourth-order valence-corrected chi connectivity index (χ4v) is 2.93. The molecule has 3 rings (SSSR count). The molecule has 0 aliphatic carbocycles. The normalized spacial score (nSPS) is 10.4. The van der Waals surface area contributed by atoms with E-state index in [1.54, 1.807) is 47.1 Å². The average molecular weight is 382 g/mol. The molecular formula is C20H16ClN3O3. The first-order valence-corrected chi connectivity index (χ1v) is 8.49. The lowest BCUT2D eigenvalue weighted by Gasteiger charge is -2.08. The number of ether oxygens (including phenoxy) is 1. The van der Waals surface area contributed by atoms with Gasteiger partial charge in [0.1, 0.15) is 18.4 Å². The van der Waals surface area contributed by atoms with Gasteiger partial charge >= 0.3 is 5.97 Å². The molecule has 1 aromatic heterocycles. The van der Waals surface area contributed by atoms with Gasteiger partial charge in [0.05, 0.1) is 27.5 Å². The first-order chi connectivity index (χ1) is 12.9. The Morgan fingerprint density at radius 3 is 2.56 bits per heavy atom. The SMILES string of the molecule is Cc1nn(-c2ccc(C#N)c(Cl)c2)c(C)c1OCc1ccc(C(=O)O)cc1. The number of nitrogens with zero attached hydrogens (tertiary/aromatic N) is 3. The van der Waals surface area contributed by atoms with Crippen LogP contribution in [0.4, 0.5) is 0 Å². The van der Waals surface area contributed by atoms with E-state index in [-0.39, 0.29) is 5.56 Å². The minimum atomic E-state index is -0.962. The fraction of sp³-hybridized carbons (Fsp3) is 0.150. The molecule has 0 radical (unpaired) electrons. The third-order valence-corrected chi connectivity index (χ3v) is 4.44. The Kier molecular flexibility index (Phi) is 5.15. The molecule has 136 valence electrons. The van der Waals surface area contributed by atoms with E-state index >= 15 is 0 Å². The standard InChI is InChI=1S/C20H16ClN3O3/c1-12-19(27-11-14-3-5-15(6-4-14)20(25)26)13(2)24(23-12)17-8-7-16(10-22)18(21)9-17/h3-9H,11H2,1-2H3,(H,25,26). The topological polar surface area (TPSA) is 88.1 Å². The van der Waals surface area contributed by atoms with Gasteiger partial charge in [-0.05, 0) is 49.7 Å². The van der Waals surface area contributed by atoms with Crippen molar-refractivity contribution in [1.29, 1.82) is 5.26 Å². The second kappa shape index (κ2) is 7.52. The smallest absolute Gasteiger partial charge is 0.335 e. The number of rotatable bonds is 5. The summed E-state index contributed by atoms with van der Waals surface area (Å²) in [5.41, 5.74) is 3.75. The number of halogens is 1. The second-order valence-electron chi connectivity index (χ2n) is 5.98. The van der Waals surface area contributed by atoms with Crippen molar-refractivity contribution >= 4 is 17.6 Å². The zero-order valence-electron chi connectivity index (χ0n) is 14.7. The lowest BCUT2D eigenvalue weighted by Crippen LogP contribution is -2.01. The Morgan fingerprint density at radius 1 is 1.26 bits per heavy atom. The van der Waals surface area contributed by atoms with Crippen molar-refractivity contribution in [3.05, 3.63) is 75.6 Å². The van der Waals surface area contributed by atoms with Gasteiger partial charge in [0.15, 0.2) is 5.75 Å². The van der Waals surface area contributed by atoms with Crippen LogP contribution in [0.5, 0.6) is 5.75 Å². The van der Waals surface area contributed by atoms with Crippen LogP contribution in [0, 0.1) is 25.2 Å². The minimum Gasteiger partial charge on any atom is -0.485 e. The number of hydrogen-bond donors (Lipinski definition) is 1. The lowest BCUT2D eigenvalue weighted by molar-refractivity contribution is 0.0697. The molecule has 6 nitrogen and oxygen atoms in total. The van der Waals surface area contributed by atoms with Crippen molar-refractivity contribution in [3.8, 4) is 17.5 Å². The van der Waals surface area contributed by atoms with E-state index in [0.717, 1.165) is 22.6 Å². The molecule has 1 heterocycles. The molecule has 0 saturated heterocycles. The number of hydrogen-bond acceptors (Lipinski definition) is 4. The van der Waals surface area contributed by atoms with Crippen molar-refractivity contribution in [2.45, 2.75) is 20.5 Å². The Labute approximate surface area is 161 Å². The first kappa shape index (κ1) is 18.5. The van der Waals surface area contributed by atoms with Crippen molar-refractivity contribution in [2.24, 2.45) is 0 Å². The highest BCUT2D eigenvalue weighted by atomic mass is 35.5. The van der Waals surface area contributed by atoms with Gasteiger partial charge in [-0.1, -0.05) is 23.7 Å². The summed E-state index contributed by atoms with van der Waals surface area (Å²) >= 11 is 6.12. The number of carbonyl (C=O) groups is 1. The maximum atomic E-state index is 10.9. The van der Waals surface area contributed by atoms with Crippen LogP contribution < -0.4 is 4.74 Å². The highest BCUT2D eigenvalue weighted by Gasteiger charge is 2.15. The number of carboxylic acids is 1. The minimum absolute atomic E-state index is 0.233. The molecule has 1 N–H and O–H groups in total. The van der Waals surface area contributed by atoms with E-state index in [1.165, 1.54) is 0 Å². The van der Waals surface area contributed by atoms with Crippen LogP contribution >= 0.6 is 11.6 Å². The quantitative estimate of drug-likeness (QED) is 0.712. The largest absolute Gasteiger partial charge is 0.485 e. The Hall–Kier alpha value is -3.30. The maximum absolute atomic E-state index is 10.9. The van der Waals surface area contributed by atoms with E-state index in [2.05, 4.69) is 5.10 Å². The Bertz CT molecular complexity index is 1050. The predicted octanol–water partition coefficient (Wildman–Crippen LogP) is 4.29. The molecule has 0 saturated carbocycles. The fourth-order valence-electron chi connectivity index (χ4n) is 2.71. The third kappa shape index (κ3) is 3.78. The second-order valence-corrected chi connectivity index (χ2v) is 6.39. The van der Waals surface area contributed by atoms with Gasteiger partial charge in [-0.15, -0.1) is 0 Å². The van der Waals surface area contributed by atoms with Crippen LogP contribution in [0.1, 0.15) is 32.9 Å². The molecule has 27 heavy (non-hydrogen) atoms. The van der Waals surface area contributed by atoms with Crippen molar-refractivity contribution < 1.29 is 14.6 Å². The first-order valence-electron chi connectivity index (χ1n) is 8.12. The molecular weight excluding hydrogens is 366 g/mol. The van der Waals surface area contributed by atoms with Crippen LogP contribution in [0.2, 0.25) is 5.02 Å². The average Bonchev–Trinajstić information content (AvgIpc) is 2.94. The van der Waals surface area contributed by atoms with Crippen molar-refractivity contribution in [2.75, 3.05) is 0 Å². The van der Waals surface area contributed by atoms with Crippen LogP contribution in [-0.2, 0) is 6.61 Å². The van der Waals surface area contributed by atoms with Crippen molar-refractivity contribution in [1.82, 2.24) is 9.78 Å². The molecule has 0 aliphatic rings. The van der Waals surface area contributed by atoms with Gasteiger partial charge in [0.2, 0.25) is 0 Å². The molecule has 0 spiro atoms. The third-order valence-electron chi connectivity index (χ3n) is 4.13. The predicted molar refractivity (Wildman–Crippen MR) is 100 cm³/mol. The molecule has 7 heteroatoms. The van der Waals surface area contributed by atoms with E-state index < -0.39 is 5.97 Å². The summed E-state index contributed by atoms with van der Waals surface area (Å²) in [5, 5.41) is 22.8. The van der Waals surface area contributed by atoms with Gasteiger partial charge in [-0.2, -0.15) is 10.4 Å². The zero-order chi connectivity index (χ0) is 19.6. The summed E-state index contributed by atoms with van der Waals surface area (Å²) in [7, 11) is 0. The highest BCUT2D eigenvalue weighted by molar-refractivity contribution is 6.31. The number of aryl methyl sites for hydroxylation is 1. The molecule has 0 aliphatic heterocycles. The van der Waals surface area contributed by atoms with Crippen LogP contribution in [-0.4, -0.2) is 20.9 Å². The lowest BCUT2D eigenvalue weighted by atomic mass is 10.1. The number of carboxylic acid groups (broad SMARTS) is 1. The summed E-state index contributed by atoms with van der Waals surface area (Å²) < 4.78 is 7.63. The van der Waals surface area contributed by atoms with Gasteiger partial charge in [0, 0.05) is 0 Å². The van der Waals surface area contributed by atoms with E-state index in [4.69, 9.17) is 26.7 Å². The molecule has 0 atom stereocenters. The van der Waals surface area contributed by atoms with E-state index in [1.807, 2.05) is 19.9 Å². The summed E-state index contributed by atoms with van der Waals surface area (Å²) in [6.07, 6.45) is 0. The summed E-state index contributed by atoms with van der Waals surface area (Å²) in [6, 6.07) is 13.7. The summed E-state index contributed by atoms with van der Waals surface area (Å²) in [6.45, 7) is 4.02. The summed E-state index contributed by atoms with van der Waals surface area (Å²) in [4.78, 5) is 10.9. The van der Waals surface area contributed by atoms with Crippen molar-refractivity contribution in [3.63, 3.8) is 0 Å². The number of aromatic carboxylic acids is 1.